The van der Waals surface area contributed by atoms with Gasteiger partial charge in [-0.15, -0.1) is 0 Å². The monoisotopic (exact) mass is 522 g/mol. The molecule has 5 nitrogen and oxygen atoms in total. The molecule has 0 saturated carbocycles. The van der Waals surface area contributed by atoms with Crippen molar-refractivity contribution < 1.29 is 18.0 Å². The number of allylic oxidation sites excluding steroid dienone is 4. The summed E-state index contributed by atoms with van der Waals surface area (Å²) in [6, 6.07) is 2.18. The molecule has 38 heavy (non-hydrogen) atoms. The van der Waals surface area contributed by atoms with Gasteiger partial charge in [0.2, 0.25) is 0 Å². The molecule has 1 aromatic carbocycles. The summed E-state index contributed by atoms with van der Waals surface area (Å²) < 4.78 is 43.7. The average Bonchev–Trinajstić information content (AvgIpc) is 2.86. The molecule has 0 atom stereocenters. The van der Waals surface area contributed by atoms with Crippen molar-refractivity contribution in [3.05, 3.63) is 113 Å². The highest BCUT2D eigenvalue weighted by atomic mass is 19.1. The highest BCUT2D eigenvalue weighted by Gasteiger charge is 2.22. The first kappa shape index (κ1) is 28.7. The highest BCUT2D eigenvalue weighted by molar-refractivity contribution is 5.94. The molecule has 0 unspecified atom stereocenters. The van der Waals surface area contributed by atoms with Crippen LogP contribution in [-0.2, 0) is 0 Å². The Labute approximate surface area is 222 Å². The van der Waals surface area contributed by atoms with Crippen LogP contribution in [0.2, 0.25) is 0 Å². The van der Waals surface area contributed by atoms with E-state index in [2.05, 4.69) is 28.4 Å². The first-order chi connectivity index (χ1) is 18.0. The smallest absolute Gasteiger partial charge is 0.162 e. The van der Waals surface area contributed by atoms with Gasteiger partial charge < -0.3 is 10.2 Å². The van der Waals surface area contributed by atoms with Crippen molar-refractivity contribution in [2.45, 2.75) is 20.3 Å². The van der Waals surface area contributed by atoms with Crippen LogP contribution in [0.25, 0.3) is 5.57 Å². The van der Waals surface area contributed by atoms with Crippen molar-refractivity contribution in [1.82, 2.24) is 15.1 Å². The van der Waals surface area contributed by atoms with Gasteiger partial charge in [0.05, 0.1) is 11.4 Å². The van der Waals surface area contributed by atoms with Crippen LogP contribution in [-0.4, -0.2) is 55.5 Å². The summed E-state index contributed by atoms with van der Waals surface area (Å²) in [5, 5.41) is 2.80. The van der Waals surface area contributed by atoms with Crippen LogP contribution >= 0.6 is 0 Å². The van der Waals surface area contributed by atoms with Crippen molar-refractivity contribution in [2.24, 2.45) is 4.99 Å². The molecule has 0 aromatic heterocycles. The number of hydrogen-bond acceptors (Lipinski definition) is 5. The van der Waals surface area contributed by atoms with E-state index in [0.717, 1.165) is 17.7 Å². The molecule has 2 heterocycles. The highest BCUT2D eigenvalue weighted by Crippen LogP contribution is 2.30. The topological polar surface area (TPSA) is 47.9 Å². The molecule has 0 saturated heterocycles. The third kappa shape index (κ3) is 6.69. The van der Waals surface area contributed by atoms with Crippen LogP contribution in [0.5, 0.6) is 0 Å². The molecule has 1 aromatic rings. The summed E-state index contributed by atoms with van der Waals surface area (Å²) in [7, 11) is 3.29. The van der Waals surface area contributed by atoms with E-state index < -0.39 is 17.5 Å². The zero-order valence-corrected chi connectivity index (χ0v) is 22.2. The molecule has 8 heteroatoms. The van der Waals surface area contributed by atoms with Crippen LogP contribution in [0.1, 0.15) is 36.2 Å². The largest absolute Gasteiger partial charge is 0.386 e. The molecule has 0 bridgehead atoms. The lowest BCUT2D eigenvalue weighted by Crippen LogP contribution is -2.30. The molecule has 0 amide bonds. The van der Waals surface area contributed by atoms with E-state index in [1.807, 2.05) is 19.1 Å². The van der Waals surface area contributed by atoms with E-state index in [9.17, 15) is 18.0 Å². The Bertz CT molecular complexity index is 1310. The van der Waals surface area contributed by atoms with E-state index in [4.69, 9.17) is 0 Å². The number of halogens is 3. The van der Waals surface area contributed by atoms with E-state index in [1.165, 1.54) is 13.1 Å². The normalized spacial score (nSPS) is 17.4. The third-order valence-electron chi connectivity index (χ3n) is 6.32. The maximum atomic E-state index is 14.6. The summed E-state index contributed by atoms with van der Waals surface area (Å²) >= 11 is 0. The second-order valence-electron chi connectivity index (χ2n) is 9.21. The van der Waals surface area contributed by atoms with Crippen LogP contribution < -0.4 is 5.32 Å². The molecular weight excluding hydrogens is 489 g/mol. The van der Waals surface area contributed by atoms with E-state index >= 15 is 0 Å². The van der Waals surface area contributed by atoms with Gasteiger partial charge in [-0.3, -0.25) is 14.7 Å². The number of aliphatic imine (C=N–C) groups is 1. The lowest BCUT2D eigenvalue weighted by atomic mass is 9.96. The minimum Gasteiger partial charge on any atom is -0.386 e. The molecule has 0 spiro atoms. The van der Waals surface area contributed by atoms with E-state index in [-0.39, 0.29) is 16.9 Å². The zero-order chi connectivity index (χ0) is 28.0. The average molecular weight is 523 g/mol. The van der Waals surface area contributed by atoms with Crippen molar-refractivity contribution in [3.63, 3.8) is 0 Å². The van der Waals surface area contributed by atoms with Crippen LogP contribution in [0, 0.1) is 11.6 Å². The number of benzene rings is 1. The van der Waals surface area contributed by atoms with E-state index in [0.29, 0.717) is 54.3 Å². The Balaban J connectivity index is 1.73. The van der Waals surface area contributed by atoms with Crippen molar-refractivity contribution in [2.75, 3.05) is 33.7 Å². The molecule has 3 rings (SSSR count). The summed E-state index contributed by atoms with van der Waals surface area (Å²) in [5.74, 6) is -2.25. The fourth-order valence-corrected chi connectivity index (χ4v) is 4.41. The molecule has 0 radical (unpaired) electrons. The zero-order valence-electron chi connectivity index (χ0n) is 22.2. The maximum absolute atomic E-state index is 14.6. The van der Waals surface area contributed by atoms with Gasteiger partial charge in [0.1, 0.15) is 11.6 Å². The van der Waals surface area contributed by atoms with Gasteiger partial charge in [0.25, 0.3) is 0 Å². The fraction of sp³-hybridized carbons (Fsp3) is 0.267. The number of likely N-dealkylation sites (N-methyl/N-ethyl adjacent to an activating group) is 1. The molecule has 0 fully saturated rings. The van der Waals surface area contributed by atoms with Crippen molar-refractivity contribution in [3.8, 4) is 0 Å². The Morgan fingerprint density at radius 2 is 1.89 bits per heavy atom. The number of Topliss-reactive ketones (excluding diaryl/α,β-unsaturated/α-hetero) is 1. The Hall–Kier alpha value is -3.91. The molecule has 1 N–H and O–H groups in total. The van der Waals surface area contributed by atoms with Gasteiger partial charge in [0, 0.05) is 63.0 Å². The quantitative estimate of drug-likeness (QED) is 0.242. The predicted molar refractivity (Wildman–Crippen MR) is 148 cm³/mol. The number of carbonyl (C=O) groups is 1. The minimum absolute atomic E-state index is 0.0197. The van der Waals surface area contributed by atoms with Gasteiger partial charge in [-0.25, -0.2) is 13.2 Å². The van der Waals surface area contributed by atoms with Crippen molar-refractivity contribution >= 4 is 17.6 Å². The standard InChI is InChI=1S/C30H33F3N4O/c1-19(13-20(2)29(7-10-34-5)37-18-27(33)28(35-6)14-21(37)3)17-36-11-8-23(9-12-36)30-25(31)15-24(22(4)38)16-26(30)32/h7-8,10,13-16,18,35H,2-3,9,11-12,17H2,1,4-6H3/b19-13+,29-7+,34-10?. The first-order valence-electron chi connectivity index (χ1n) is 12.2. The SMILES string of the molecule is C=C(/C=C(\C)CN1CC=C(c2c(F)cc(C(C)=O)cc2F)CC1)/C(=C\C=NC)N1C=C(F)C(NC)=CC1=C. The fourth-order valence-electron chi connectivity index (χ4n) is 4.41. The minimum atomic E-state index is -0.723. The van der Waals surface area contributed by atoms with Gasteiger partial charge in [0.15, 0.2) is 11.6 Å². The molecular formula is C30H33F3N4O. The first-order valence-corrected chi connectivity index (χ1v) is 12.2. The molecule has 2 aliphatic heterocycles. The van der Waals surface area contributed by atoms with Gasteiger partial charge in [-0.05, 0) is 55.7 Å². The van der Waals surface area contributed by atoms with Crippen LogP contribution in [0.3, 0.4) is 0 Å². The van der Waals surface area contributed by atoms with Crippen LogP contribution in [0.15, 0.2) is 94.9 Å². The summed E-state index contributed by atoms with van der Waals surface area (Å²) in [6.07, 6.45) is 10.5. The third-order valence-corrected chi connectivity index (χ3v) is 6.32. The summed E-state index contributed by atoms with van der Waals surface area (Å²) in [4.78, 5) is 19.3. The summed E-state index contributed by atoms with van der Waals surface area (Å²) in [5.41, 5.74) is 3.74. The van der Waals surface area contributed by atoms with Gasteiger partial charge >= 0.3 is 0 Å². The van der Waals surface area contributed by atoms with Gasteiger partial charge in [-0.1, -0.05) is 30.9 Å². The van der Waals surface area contributed by atoms with Crippen LogP contribution in [0.4, 0.5) is 13.2 Å². The number of ketones is 1. The number of nitrogens with zero attached hydrogens (tertiary/aromatic N) is 3. The number of rotatable bonds is 9. The van der Waals surface area contributed by atoms with E-state index in [1.54, 1.807) is 37.4 Å². The second-order valence-corrected chi connectivity index (χ2v) is 9.21. The lowest BCUT2D eigenvalue weighted by Gasteiger charge is -2.29. The Morgan fingerprint density at radius 1 is 1.21 bits per heavy atom. The summed E-state index contributed by atoms with van der Waals surface area (Å²) in [6.45, 7) is 13.2. The van der Waals surface area contributed by atoms with Crippen molar-refractivity contribution in [1.29, 1.82) is 0 Å². The number of nitrogens with one attached hydrogen (secondary N) is 1. The van der Waals surface area contributed by atoms with Gasteiger partial charge in [-0.2, -0.15) is 0 Å². The lowest BCUT2D eigenvalue weighted by molar-refractivity contribution is 0.101. The predicted octanol–water partition coefficient (Wildman–Crippen LogP) is 6.09. The molecule has 2 aliphatic rings. The molecule has 0 aliphatic carbocycles. The Morgan fingerprint density at radius 3 is 2.45 bits per heavy atom. The Kier molecular flexibility index (Phi) is 9.47. The second kappa shape index (κ2) is 12.6. The number of hydrogen-bond donors (Lipinski definition) is 1. The molecule has 200 valence electrons. The number of carbonyl (C=O) groups excluding carboxylic acids is 1. The maximum Gasteiger partial charge on any atom is 0.162 e.